The van der Waals surface area contributed by atoms with Gasteiger partial charge in [0, 0.05) is 36.8 Å². The Morgan fingerprint density at radius 3 is 2.31 bits per heavy atom. The van der Waals surface area contributed by atoms with Crippen LogP contribution >= 0.6 is 0 Å². The van der Waals surface area contributed by atoms with E-state index in [0.717, 1.165) is 24.0 Å². The molecule has 2 aromatic carbocycles. The van der Waals surface area contributed by atoms with Gasteiger partial charge in [0.2, 0.25) is 0 Å². The molecule has 2 aromatic rings. The van der Waals surface area contributed by atoms with E-state index in [1.54, 1.807) is 24.3 Å². The third-order valence-electron chi connectivity index (χ3n) is 5.17. The maximum Gasteiger partial charge on any atom is 0.312 e. The Morgan fingerprint density at radius 2 is 1.69 bits per heavy atom. The summed E-state index contributed by atoms with van der Waals surface area (Å²) in [5, 5.41) is 5.60. The van der Waals surface area contributed by atoms with Crippen LogP contribution in [-0.2, 0) is 6.54 Å². The monoisotopic (exact) mass is 394 g/mol. The first kappa shape index (κ1) is 20.4. The quantitative estimate of drug-likeness (QED) is 0.724. The average molecular weight is 394 g/mol. The lowest BCUT2D eigenvalue weighted by Crippen LogP contribution is -2.46. The van der Waals surface area contributed by atoms with Crippen molar-refractivity contribution < 1.29 is 14.4 Å². The zero-order chi connectivity index (χ0) is 20.8. The van der Waals surface area contributed by atoms with Crippen molar-refractivity contribution in [2.45, 2.75) is 32.4 Å². The van der Waals surface area contributed by atoms with Gasteiger partial charge >= 0.3 is 6.03 Å². The predicted octanol–water partition coefficient (Wildman–Crippen LogP) is 2.20. The fourth-order valence-electron chi connectivity index (χ4n) is 3.45. The summed E-state index contributed by atoms with van der Waals surface area (Å²) in [5.41, 5.74) is 8.18. The van der Waals surface area contributed by atoms with Gasteiger partial charge in [-0.05, 0) is 49.1 Å². The molecule has 1 aliphatic rings. The van der Waals surface area contributed by atoms with E-state index >= 15 is 0 Å². The van der Waals surface area contributed by atoms with Crippen molar-refractivity contribution in [2.75, 3.05) is 13.1 Å². The van der Waals surface area contributed by atoms with Crippen LogP contribution in [0, 0.1) is 6.92 Å². The van der Waals surface area contributed by atoms with E-state index in [1.807, 2.05) is 36.1 Å². The second-order valence-electron chi connectivity index (χ2n) is 7.27. The molecule has 1 saturated heterocycles. The van der Waals surface area contributed by atoms with Crippen LogP contribution in [0.5, 0.6) is 0 Å². The van der Waals surface area contributed by atoms with Crippen LogP contribution in [0.2, 0.25) is 0 Å². The number of nitrogens with one attached hydrogen (secondary N) is 2. The van der Waals surface area contributed by atoms with Crippen molar-refractivity contribution in [1.29, 1.82) is 0 Å². The van der Waals surface area contributed by atoms with E-state index in [4.69, 9.17) is 5.73 Å². The molecule has 0 unspecified atom stereocenters. The molecule has 4 amide bonds. The second-order valence-corrected chi connectivity index (χ2v) is 7.27. The van der Waals surface area contributed by atoms with Gasteiger partial charge in [-0.25, -0.2) is 4.79 Å². The predicted molar refractivity (Wildman–Crippen MR) is 110 cm³/mol. The van der Waals surface area contributed by atoms with Crippen molar-refractivity contribution in [1.82, 2.24) is 15.5 Å². The van der Waals surface area contributed by atoms with Crippen molar-refractivity contribution >= 4 is 17.8 Å². The Hall–Kier alpha value is -3.35. The van der Waals surface area contributed by atoms with Gasteiger partial charge in [-0.15, -0.1) is 0 Å². The molecule has 0 aliphatic carbocycles. The van der Waals surface area contributed by atoms with Crippen LogP contribution in [0.1, 0.15) is 44.7 Å². The van der Waals surface area contributed by atoms with E-state index in [1.165, 1.54) is 0 Å². The summed E-state index contributed by atoms with van der Waals surface area (Å²) < 4.78 is 0. The maximum atomic E-state index is 12.7. The summed E-state index contributed by atoms with van der Waals surface area (Å²) in [5.74, 6) is -0.0869. The maximum absolute atomic E-state index is 12.7. The van der Waals surface area contributed by atoms with Gasteiger partial charge in [-0.2, -0.15) is 0 Å². The number of amides is 4. The number of hydrogen-bond donors (Lipinski definition) is 3. The number of rotatable bonds is 5. The fraction of sp³-hybridized carbons (Fsp3) is 0.318. The smallest absolute Gasteiger partial charge is 0.312 e. The lowest BCUT2D eigenvalue weighted by atomic mass is 10.0. The highest BCUT2D eigenvalue weighted by Gasteiger charge is 2.25. The summed E-state index contributed by atoms with van der Waals surface area (Å²) in [6.45, 7) is 3.45. The third-order valence-corrected chi connectivity index (χ3v) is 5.17. The number of benzene rings is 2. The minimum absolute atomic E-state index is 0.0249. The summed E-state index contributed by atoms with van der Waals surface area (Å²) in [6.07, 6.45) is 1.45. The molecule has 1 aliphatic heterocycles. The van der Waals surface area contributed by atoms with Crippen LogP contribution in [0.4, 0.5) is 4.79 Å². The molecule has 7 heteroatoms. The lowest BCUT2D eigenvalue weighted by molar-refractivity contribution is 0.0698. The summed E-state index contributed by atoms with van der Waals surface area (Å²) >= 11 is 0. The van der Waals surface area contributed by atoms with Gasteiger partial charge in [0.05, 0.1) is 0 Å². The van der Waals surface area contributed by atoms with Crippen LogP contribution in [0.25, 0.3) is 0 Å². The molecule has 3 rings (SSSR count). The molecule has 1 heterocycles. The van der Waals surface area contributed by atoms with Gasteiger partial charge < -0.3 is 21.3 Å². The minimum atomic E-state index is -0.581. The normalized spacial score (nSPS) is 14.3. The molecule has 1 fully saturated rings. The molecule has 4 N–H and O–H groups in total. The van der Waals surface area contributed by atoms with E-state index in [9.17, 15) is 14.4 Å². The molecule has 152 valence electrons. The number of aryl methyl sites for hydroxylation is 1. The molecule has 0 spiro atoms. The second kappa shape index (κ2) is 9.23. The zero-order valence-corrected chi connectivity index (χ0v) is 16.5. The SMILES string of the molecule is Cc1ccccc1C(=O)NC1CCN(C(=O)c2ccc(CNC(N)=O)cc2)CC1. The first-order valence-electron chi connectivity index (χ1n) is 9.72. The van der Waals surface area contributed by atoms with Gasteiger partial charge in [-0.1, -0.05) is 30.3 Å². The standard InChI is InChI=1S/C22H26N4O3/c1-15-4-2-3-5-19(15)20(27)25-18-10-12-26(13-11-18)21(28)17-8-6-16(7-9-17)14-24-22(23)29/h2-9,18H,10-14H2,1H3,(H,25,27)(H3,23,24,29). The topological polar surface area (TPSA) is 105 Å². The van der Waals surface area contributed by atoms with E-state index < -0.39 is 6.03 Å². The van der Waals surface area contributed by atoms with E-state index in [2.05, 4.69) is 10.6 Å². The number of carbonyl (C=O) groups is 3. The van der Waals surface area contributed by atoms with Crippen molar-refractivity contribution in [3.05, 3.63) is 70.8 Å². The van der Waals surface area contributed by atoms with Gasteiger partial charge in [0.25, 0.3) is 11.8 Å². The van der Waals surface area contributed by atoms with Gasteiger partial charge in [-0.3, -0.25) is 9.59 Å². The minimum Gasteiger partial charge on any atom is -0.352 e. The molecule has 7 nitrogen and oxygen atoms in total. The number of urea groups is 1. The number of carbonyl (C=O) groups excluding carboxylic acids is 3. The summed E-state index contributed by atoms with van der Waals surface area (Å²) in [6, 6.07) is 14.1. The highest BCUT2D eigenvalue weighted by molar-refractivity contribution is 5.96. The van der Waals surface area contributed by atoms with Crippen LogP contribution in [0.15, 0.2) is 48.5 Å². The molecule has 0 saturated carbocycles. The van der Waals surface area contributed by atoms with Gasteiger partial charge in [0.15, 0.2) is 0 Å². The summed E-state index contributed by atoms with van der Waals surface area (Å²) in [7, 11) is 0. The van der Waals surface area contributed by atoms with Crippen LogP contribution < -0.4 is 16.4 Å². The Labute approximate surface area is 170 Å². The van der Waals surface area contributed by atoms with Crippen molar-refractivity contribution in [2.24, 2.45) is 5.73 Å². The van der Waals surface area contributed by atoms with Crippen molar-refractivity contribution in [3.8, 4) is 0 Å². The largest absolute Gasteiger partial charge is 0.352 e. The highest BCUT2D eigenvalue weighted by Crippen LogP contribution is 2.16. The fourth-order valence-corrected chi connectivity index (χ4v) is 3.45. The van der Waals surface area contributed by atoms with Gasteiger partial charge in [0.1, 0.15) is 0 Å². The Morgan fingerprint density at radius 1 is 1.03 bits per heavy atom. The average Bonchev–Trinajstić information content (AvgIpc) is 2.73. The molecule has 0 atom stereocenters. The Bertz CT molecular complexity index is 887. The number of likely N-dealkylation sites (tertiary alicyclic amines) is 1. The molecule has 0 radical (unpaired) electrons. The number of primary amides is 1. The third kappa shape index (κ3) is 5.34. The molecule has 29 heavy (non-hydrogen) atoms. The van der Waals surface area contributed by atoms with E-state index in [0.29, 0.717) is 30.8 Å². The first-order chi connectivity index (χ1) is 13.9. The molecule has 0 bridgehead atoms. The summed E-state index contributed by atoms with van der Waals surface area (Å²) in [4.78, 5) is 37.8. The molecular formula is C22H26N4O3. The van der Waals surface area contributed by atoms with Crippen LogP contribution in [-0.4, -0.2) is 41.9 Å². The lowest BCUT2D eigenvalue weighted by Gasteiger charge is -2.32. The number of nitrogens with zero attached hydrogens (tertiary/aromatic N) is 1. The number of hydrogen-bond acceptors (Lipinski definition) is 3. The van der Waals surface area contributed by atoms with Crippen LogP contribution in [0.3, 0.4) is 0 Å². The highest BCUT2D eigenvalue weighted by atomic mass is 16.2. The number of nitrogens with two attached hydrogens (primary N) is 1. The zero-order valence-electron chi connectivity index (χ0n) is 16.5. The molecule has 0 aromatic heterocycles. The Balaban J connectivity index is 1.51. The Kier molecular flexibility index (Phi) is 6.49. The van der Waals surface area contributed by atoms with E-state index in [-0.39, 0.29) is 17.9 Å². The van der Waals surface area contributed by atoms with Crippen molar-refractivity contribution in [3.63, 3.8) is 0 Å². The number of piperidine rings is 1. The molecular weight excluding hydrogens is 368 g/mol. The first-order valence-corrected chi connectivity index (χ1v) is 9.72.